The minimum atomic E-state index is -0.0112. The van der Waals surface area contributed by atoms with Crippen LogP contribution < -0.4 is 10.6 Å². The first kappa shape index (κ1) is 15.4. The molecule has 4 atom stereocenters. The number of hydrogen-bond donors (Lipinski definition) is 2. The maximum absolute atomic E-state index is 12.1. The molecule has 2 aliphatic carbocycles. The predicted molar refractivity (Wildman–Crippen MR) is 89.8 cm³/mol. The van der Waals surface area contributed by atoms with Gasteiger partial charge in [0.1, 0.15) is 0 Å². The van der Waals surface area contributed by atoms with Crippen LogP contribution in [0.15, 0.2) is 24.3 Å². The summed E-state index contributed by atoms with van der Waals surface area (Å²) in [5.41, 5.74) is 2.55. The van der Waals surface area contributed by atoms with E-state index in [4.69, 9.17) is 0 Å². The molecule has 2 amide bonds. The van der Waals surface area contributed by atoms with Gasteiger partial charge in [-0.05, 0) is 62.8 Å². The van der Waals surface area contributed by atoms with Crippen molar-refractivity contribution in [2.24, 2.45) is 17.8 Å². The molecular weight excluding hydrogens is 272 g/mol. The number of hydrogen-bond acceptors (Lipinski definition) is 1. The third-order valence-electron chi connectivity index (χ3n) is 5.58. The second kappa shape index (κ2) is 6.72. The van der Waals surface area contributed by atoms with Gasteiger partial charge >= 0.3 is 6.03 Å². The van der Waals surface area contributed by atoms with Gasteiger partial charge in [0.05, 0.1) is 0 Å². The van der Waals surface area contributed by atoms with E-state index in [0.717, 1.165) is 18.3 Å². The largest absolute Gasteiger partial charge is 0.338 e. The third kappa shape index (κ3) is 3.63. The first-order valence-corrected chi connectivity index (χ1v) is 8.71. The van der Waals surface area contributed by atoms with Crippen LogP contribution in [-0.4, -0.2) is 18.6 Å². The molecule has 4 unspecified atom stereocenters. The van der Waals surface area contributed by atoms with E-state index >= 15 is 0 Å². The van der Waals surface area contributed by atoms with Gasteiger partial charge in [0, 0.05) is 12.6 Å². The van der Waals surface area contributed by atoms with E-state index in [0.29, 0.717) is 18.5 Å². The van der Waals surface area contributed by atoms with Gasteiger partial charge in [-0.3, -0.25) is 0 Å². The molecule has 0 spiro atoms. The summed E-state index contributed by atoms with van der Waals surface area (Å²) < 4.78 is 0. The van der Waals surface area contributed by atoms with E-state index in [1.807, 2.05) is 0 Å². The lowest BCUT2D eigenvalue weighted by atomic mass is 9.84. The molecule has 2 fully saturated rings. The molecule has 0 saturated heterocycles. The lowest BCUT2D eigenvalue weighted by molar-refractivity contribution is 0.220. The summed E-state index contributed by atoms with van der Waals surface area (Å²) in [5, 5.41) is 6.15. The lowest BCUT2D eigenvalue weighted by Crippen LogP contribution is -2.45. The molecule has 22 heavy (non-hydrogen) atoms. The van der Waals surface area contributed by atoms with Gasteiger partial charge in [-0.25, -0.2) is 4.79 Å². The standard InChI is InChI=1S/C19H28N2O/c1-13-4-3-5-15(10-13)8-9-20-19(22)21-14(2)18-12-16-6-7-17(18)11-16/h3-5,10,14,16-18H,6-9,11-12H2,1-2H3,(H2,20,21,22). The van der Waals surface area contributed by atoms with Gasteiger partial charge in [0.15, 0.2) is 0 Å². The predicted octanol–water partition coefficient (Wildman–Crippen LogP) is 3.66. The highest BCUT2D eigenvalue weighted by Gasteiger charge is 2.42. The van der Waals surface area contributed by atoms with Gasteiger partial charge in [-0.1, -0.05) is 36.2 Å². The quantitative estimate of drug-likeness (QED) is 0.856. The molecule has 2 saturated carbocycles. The van der Waals surface area contributed by atoms with Crippen LogP contribution >= 0.6 is 0 Å². The van der Waals surface area contributed by atoms with E-state index in [-0.39, 0.29) is 6.03 Å². The van der Waals surface area contributed by atoms with Crippen LogP contribution in [-0.2, 0) is 6.42 Å². The Kier molecular flexibility index (Phi) is 4.70. The van der Waals surface area contributed by atoms with Crippen molar-refractivity contribution in [3.63, 3.8) is 0 Å². The topological polar surface area (TPSA) is 41.1 Å². The number of carbonyl (C=O) groups is 1. The number of aryl methyl sites for hydroxylation is 1. The Morgan fingerprint density at radius 1 is 1.32 bits per heavy atom. The normalized spacial score (nSPS) is 27.6. The maximum atomic E-state index is 12.1. The number of fused-ring (bicyclic) bond motifs is 2. The van der Waals surface area contributed by atoms with Crippen molar-refractivity contribution in [3.05, 3.63) is 35.4 Å². The van der Waals surface area contributed by atoms with Crippen LogP contribution in [0.2, 0.25) is 0 Å². The molecule has 1 aromatic carbocycles. The highest BCUT2D eigenvalue weighted by Crippen LogP contribution is 2.49. The number of nitrogens with one attached hydrogen (secondary N) is 2. The van der Waals surface area contributed by atoms with Crippen molar-refractivity contribution in [2.75, 3.05) is 6.54 Å². The van der Waals surface area contributed by atoms with Crippen LogP contribution in [0.25, 0.3) is 0 Å². The molecule has 3 heteroatoms. The monoisotopic (exact) mass is 300 g/mol. The smallest absolute Gasteiger partial charge is 0.315 e. The first-order valence-electron chi connectivity index (χ1n) is 8.71. The third-order valence-corrected chi connectivity index (χ3v) is 5.58. The fourth-order valence-electron chi connectivity index (χ4n) is 4.46. The zero-order valence-corrected chi connectivity index (χ0v) is 13.8. The van der Waals surface area contributed by atoms with Gasteiger partial charge < -0.3 is 10.6 Å². The van der Waals surface area contributed by atoms with Gasteiger partial charge in [0.2, 0.25) is 0 Å². The number of amides is 2. The van der Waals surface area contributed by atoms with Gasteiger partial charge in [0.25, 0.3) is 0 Å². The summed E-state index contributed by atoms with van der Waals surface area (Å²) in [6.07, 6.45) is 6.38. The number of benzene rings is 1. The Balaban J connectivity index is 1.39. The van der Waals surface area contributed by atoms with E-state index in [1.54, 1.807) is 0 Å². The first-order chi connectivity index (χ1) is 10.6. The zero-order chi connectivity index (χ0) is 15.5. The Morgan fingerprint density at radius 3 is 2.86 bits per heavy atom. The SMILES string of the molecule is Cc1cccc(CCNC(=O)NC(C)C2CC3CCC2C3)c1. The number of urea groups is 1. The van der Waals surface area contributed by atoms with Crippen molar-refractivity contribution >= 4 is 6.03 Å². The van der Waals surface area contributed by atoms with Crippen molar-refractivity contribution in [3.8, 4) is 0 Å². The molecule has 0 aromatic heterocycles. The summed E-state index contributed by atoms with van der Waals surface area (Å²) in [5.74, 6) is 2.48. The molecule has 0 aliphatic heterocycles. The second-order valence-corrected chi connectivity index (χ2v) is 7.27. The summed E-state index contributed by atoms with van der Waals surface area (Å²) >= 11 is 0. The molecule has 3 rings (SSSR count). The zero-order valence-electron chi connectivity index (χ0n) is 13.8. The highest BCUT2D eigenvalue weighted by atomic mass is 16.2. The van der Waals surface area contributed by atoms with Crippen LogP contribution in [0, 0.1) is 24.7 Å². The summed E-state index contributed by atoms with van der Waals surface area (Å²) in [4.78, 5) is 12.1. The van der Waals surface area contributed by atoms with Gasteiger partial charge in [-0.15, -0.1) is 0 Å². The Bertz CT molecular complexity index is 528. The second-order valence-electron chi connectivity index (χ2n) is 7.27. The van der Waals surface area contributed by atoms with E-state index in [1.165, 1.54) is 36.8 Å². The molecule has 2 aliphatic rings. The Morgan fingerprint density at radius 2 is 2.18 bits per heavy atom. The van der Waals surface area contributed by atoms with Gasteiger partial charge in [-0.2, -0.15) is 0 Å². The van der Waals surface area contributed by atoms with Crippen molar-refractivity contribution in [2.45, 2.75) is 52.0 Å². The fraction of sp³-hybridized carbons (Fsp3) is 0.632. The molecule has 2 bridgehead atoms. The minimum absolute atomic E-state index is 0.0112. The highest BCUT2D eigenvalue weighted by molar-refractivity contribution is 5.74. The minimum Gasteiger partial charge on any atom is -0.338 e. The Hall–Kier alpha value is -1.51. The molecule has 0 heterocycles. The van der Waals surface area contributed by atoms with Crippen LogP contribution in [0.4, 0.5) is 4.79 Å². The molecule has 3 nitrogen and oxygen atoms in total. The average Bonchev–Trinajstić information content (AvgIpc) is 3.10. The van der Waals surface area contributed by atoms with E-state index < -0.39 is 0 Å². The summed E-state index contributed by atoms with van der Waals surface area (Å²) in [6.45, 7) is 4.96. The van der Waals surface area contributed by atoms with Crippen molar-refractivity contribution in [1.29, 1.82) is 0 Å². The summed E-state index contributed by atoms with van der Waals surface area (Å²) in [6, 6.07) is 8.75. The molecule has 0 radical (unpaired) electrons. The van der Waals surface area contributed by atoms with E-state index in [2.05, 4.69) is 48.7 Å². The summed E-state index contributed by atoms with van der Waals surface area (Å²) in [7, 11) is 0. The fourth-order valence-corrected chi connectivity index (χ4v) is 4.46. The molecule has 1 aromatic rings. The molecule has 2 N–H and O–H groups in total. The van der Waals surface area contributed by atoms with Crippen molar-refractivity contribution < 1.29 is 4.79 Å². The van der Waals surface area contributed by atoms with Crippen LogP contribution in [0.3, 0.4) is 0 Å². The maximum Gasteiger partial charge on any atom is 0.315 e. The number of rotatable bonds is 5. The lowest BCUT2D eigenvalue weighted by Gasteiger charge is -2.28. The van der Waals surface area contributed by atoms with Crippen molar-refractivity contribution in [1.82, 2.24) is 10.6 Å². The molecular formula is C19H28N2O. The van der Waals surface area contributed by atoms with Crippen LogP contribution in [0.5, 0.6) is 0 Å². The molecule has 120 valence electrons. The number of carbonyl (C=O) groups excluding carboxylic acids is 1. The average molecular weight is 300 g/mol. The van der Waals surface area contributed by atoms with Crippen LogP contribution in [0.1, 0.15) is 43.7 Å². The Labute approximate surface area is 133 Å². The van der Waals surface area contributed by atoms with E-state index in [9.17, 15) is 4.79 Å².